The van der Waals surface area contributed by atoms with Crippen molar-refractivity contribution in [1.29, 1.82) is 5.26 Å². The molecule has 0 spiro atoms. The highest BCUT2D eigenvalue weighted by Gasteiger charge is 2.19. The number of hydrogen-bond donors (Lipinski definition) is 2. The quantitative estimate of drug-likeness (QED) is 0.785. The van der Waals surface area contributed by atoms with Gasteiger partial charge in [-0.15, -0.1) is 0 Å². The van der Waals surface area contributed by atoms with Gasteiger partial charge in [0.05, 0.1) is 17.8 Å². The number of hydrogen-bond acceptors (Lipinski definition) is 4. The Hall–Kier alpha value is -2.06. The number of carbonyl (C=O) groups excluding carboxylic acids is 1. The van der Waals surface area contributed by atoms with Crippen molar-refractivity contribution >= 4 is 11.6 Å². The van der Waals surface area contributed by atoms with Gasteiger partial charge in [-0.1, -0.05) is 13.0 Å². The van der Waals surface area contributed by atoms with Crippen molar-refractivity contribution in [2.24, 2.45) is 0 Å². The van der Waals surface area contributed by atoms with E-state index in [1.54, 1.807) is 0 Å². The maximum atomic E-state index is 11.4. The van der Waals surface area contributed by atoms with Crippen LogP contribution in [0.15, 0.2) is 18.2 Å². The number of nitriles is 1. The summed E-state index contributed by atoms with van der Waals surface area (Å²) < 4.78 is 0. The van der Waals surface area contributed by atoms with Gasteiger partial charge in [-0.25, -0.2) is 0 Å². The predicted octanol–water partition coefficient (Wildman–Crippen LogP) is 0.994. The topological polar surface area (TPSA) is 68.2 Å². The molecule has 1 aromatic carbocycles. The van der Waals surface area contributed by atoms with Crippen molar-refractivity contribution in [3.05, 3.63) is 29.3 Å². The third kappa shape index (κ3) is 3.49. The number of carbonyl (C=O) groups is 1. The van der Waals surface area contributed by atoms with Crippen LogP contribution in [0.4, 0.5) is 5.69 Å². The molecule has 0 atom stereocenters. The fraction of sp³-hybridized carbons (Fsp3) is 0.467. The molecule has 20 heavy (non-hydrogen) atoms. The summed E-state index contributed by atoms with van der Waals surface area (Å²) in [6.45, 7) is 5.55. The lowest BCUT2D eigenvalue weighted by atomic mass is 10.1. The minimum Gasteiger partial charge on any atom is -0.359 e. The van der Waals surface area contributed by atoms with Crippen LogP contribution in [0, 0.1) is 11.3 Å². The molecular weight excluding hydrogens is 252 g/mol. The SMILES string of the molecule is CCCNCc1ccc(N2CCNC(=O)C2)c(C#N)c1. The minimum absolute atomic E-state index is 0.00817. The Balaban J connectivity index is 2.13. The molecule has 1 amide bonds. The lowest BCUT2D eigenvalue weighted by molar-refractivity contribution is -0.120. The molecule has 2 N–H and O–H groups in total. The van der Waals surface area contributed by atoms with Crippen molar-refractivity contribution in [3.8, 4) is 6.07 Å². The lowest BCUT2D eigenvalue weighted by Gasteiger charge is -2.29. The maximum Gasteiger partial charge on any atom is 0.239 e. The summed E-state index contributed by atoms with van der Waals surface area (Å²) in [7, 11) is 0. The Bertz CT molecular complexity index is 521. The van der Waals surface area contributed by atoms with Crippen LogP contribution in [0.3, 0.4) is 0 Å². The standard InChI is InChI=1S/C15H20N4O/c1-2-5-17-10-12-3-4-14(13(8-12)9-16)19-7-6-18-15(20)11-19/h3-4,8,17H,2,5-7,10-11H2,1H3,(H,18,20). The van der Waals surface area contributed by atoms with E-state index in [-0.39, 0.29) is 5.91 Å². The van der Waals surface area contributed by atoms with Gasteiger partial charge in [0.2, 0.25) is 5.91 Å². The summed E-state index contributed by atoms with van der Waals surface area (Å²) >= 11 is 0. The van der Waals surface area contributed by atoms with Crippen molar-refractivity contribution in [2.45, 2.75) is 19.9 Å². The van der Waals surface area contributed by atoms with E-state index in [0.29, 0.717) is 18.7 Å². The Morgan fingerprint density at radius 3 is 3.05 bits per heavy atom. The van der Waals surface area contributed by atoms with Gasteiger partial charge in [0.25, 0.3) is 0 Å². The molecule has 0 bridgehead atoms. The predicted molar refractivity (Wildman–Crippen MR) is 78.4 cm³/mol. The van der Waals surface area contributed by atoms with Crippen LogP contribution in [0.25, 0.3) is 0 Å². The first-order valence-corrected chi connectivity index (χ1v) is 7.00. The zero-order chi connectivity index (χ0) is 14.4. The maximum absolute atomic E-state index is 11.4. The molecule has 0 aromatic heterocycles. The third-order valence-corrected chi connectivity index (χ3v) is 3.32. The summed E-state index contributed by atoms with van der Waals surface area (Å²) in [6, 6.07) is 8.11. The van der Waals surface area contributed by atoms with E-state index in [9.17, 15) is 10.1 Å². The van der Waals surface area contributed by atoms with Crippen LogP contribution >= 0.6 is 0 Å². The van der Waals surface area contributed by atoms with Gasteiger partial charge < -0.3 is 15.5 Å². The highest BCUT2D eigenvalue weighted by Crippen LogP contribution is 2.22. The van der Waals surface area contributed by atoms with Crippen LogP contribution in [-0.2, 0) is 11.3 Å². The second kappa shape index (κ2) is 6.92. The second-order valence-electron chi connectivity index (χ2n) is 4.91. The van der Waals surface area contributed by atoms with Crippen LogP contribution < -0.4 is 15.5 Å². The molecule has 5 nitrogen and oxygen atoms in total. The first-order valence-electron chi connectivity index (χ1n) is 7.00. The molecule has 0 unspecified atom stereocenters. The van der Waals surface area contributed by atoms with Crippen molar-refractivity contribution in [3.63, 3.8) is 0 Å². The number of anilines is 1. The van der Waals surface area contributed by atoms with Crippen LogP contribution in [0.2, 0.25) is 0 Å². The summed E-state index contributed by atoms with van der Waals surface area (Å²) in [5, 5.41) is 15.4. The average molecular weight is 272 g/mol. The van der Waals surface area contributed by atoms with Gasteiger partial charge in [-0.05, 0) is 30.7 Å². The average Bonchev–Trinajstić information content (AvgIpc) is 2.47. The highest BCUT2D eigenvalue weighted by molar-refractivity contribution is 5.83. The van der Waals surface area contributed by atoms with Crippen molar-refractivity contribution < 1.29 is 4.79 Å². The number of benzene rings is 1. The lowest BCUT2D eigenvalue weighted by Crippen LogP contribution is -2.47. The first-order chi connectivity index (χ1) is 9.74. The number of nitrogens with zero attached hydrogens (tertiary/aromatic N) is 2. The molecule has 1 aliphatic heterocycles. The zero-order valence-electron chi connectivity index (χ0n) is 11.8. The highest BCUT2D eigenvalue weighted by atomic mass is 16.2. The van der Waals surface area contributed by atoms with Crippen LogP contribution in [-0.4, -0.2) is 32.1 Å². The van der Waals surface area contributed by atoms with E-state index in [2.05, 4.69) is 23.6 Å². The Labute approximate surface area is 119 Å². The number of rotatable bonds is 5. The summed E-state index contributed by atoms with van der Waals surface area (Å²) in [6.07, 6.45) is 1.09. The second-order valence-corrected chi connectivity index (χ2v) is 4.91. The number of nitrogens with one attached hydrogen (secondary N) is 2. The molecule has 106 valence electrons. The minimum atomic E-state index is 0.00817. The van der Waals surface area contributed by atoms with E-state index in [1.165, 1.54) is 0 Å². The molecule has 5 heteroatoms. The largest absolute Gasteiger partial charge is 0.359 e. The Morgan fingerprint density at radius 2 is 2.35 bits per heavy atom. The molecule has 1 heterocycles. The van der Waals surface area contributed by atoms with E-state index >= 15 is 0 Å². The summed E-state index contributed by atoms with van der Waals surface area (Å²) in [5.41, 5.74) is 2.58. The van der Waals surface area contributed by atoms with Gasteiger partial charge in [-0.2, -0.15) is 5.26 Å². The molecule has 2 rings (SSSR count). The number of piperazine rings is 1. The first kappa shape index (κ1) is 14.4. The molecule has 1 aliphatic rings. The number of amides is 1. The fourth-order valence-corrected chi connectivity index (χ4v) is 2.31. The summed E-state index contributed by atoms with van der Waals surface area (Å²) in [4.78, 5) is 13.4. The van der Waals surface area contributed by atoms with Crippen molar-refractivity contribution in [1.82, 2.24) is 10.6 Å². The van der Waals surface area contributed by atoms with Gasteiger partial charge >= 0.3 is 0 Å². The smallest absolute Gasteiger partial charge is 0.239 e. The van der Waals surface area contributed by atoms with Crippen molar-refractivity contribution in [2.75, 3.05) is 31.1 Å². The van der Waals surface area contributed by atoms with Gasteiger partial charge in [0.1, 0.15) is 6.07 Å². The van der Waals surface area contributed by atoms with E-state index in [0.717, 1.165) is 37.3 Å². The Kier molecular flexibility index (Phi) is 4.97. The molecule has 0 saturated carbocycles. The Morgan fingerprint density at radius 1 is 1.50 bits per heavy atom. The van der Waals surface area contributed by atoms with Gasteiger partial charge in [0.15, 0.2) is 0 Å². The van der Waals surface area contributed by atoms with E-state index < -0.39 is 0 Å². The third-order valence-electron chi connectivity index (χ3n) is 3.32. The van der Waals surface area contributed by atoms with Gasteiger partial charge in [0, 0.05) is 19.6 Å². The molecule has 1 aromatic rings. The van der Waals surface area contributed by atoms with Crippen LogP contribution in [0.5, 0.6) is 0 Å². The monoisotopic (exact) mass is 272 g/mol. The fourth-order valence-electron chi connectivity index (χ4n) is 2.31. The molecule has 0 aliphatic carbocycles. The zero-order valence-corrected chi connectivity index (χ0v) is 11.8. The summed E-state index contributed by atoms with van der Waals surface area (Å²) in [5.74, 6) is 0.00817. The molecule has 1 saturated heterocycles. The normalized spacial score (nSPS) is 14.8. The van der Waals surface area contributed by atoms with Crippen LogP contribution in [0.1, 0.15) is 24.5 Å². The van der Waals surface area contributed by atoms with E-state index in [1.807, 2.05) is 23.1 Å². The molecular formula is C15H20N4O. The molecule has 1 fully saturated rings. The van der Waals surface area contributed by atoms with Gasteiger partial charge in [-0.3, -0.25) is 4.79 Å². The van der Waals surface area contributed by atoms with E-state index in [4.69, 9.17) is 0 Å². The molecule has 0 radical (unpaired) electrons.